The van der Waals surface area contributed by atoms with E-state index < -0.39 is 0 Å². The summed E-state index contributed by atoms with van der Waals surface area (Å²) in [4.78, 5) is 8.64. The number of anilines is 1. The predicted octanol–water partition coefficient (Wildman–Crippen LogP) is 2.41. The van der Waals surface area contributed by atoms with E-state index in [0.29, 0.717) is 12.5 Å². The zero-order valence-corrected chi connectivity index (χ0v) is 12.0. The molecule has 0 bridgehead atoms. The highest BCUT2D eigenvalue weighted by Crippen LogP contribution is 2.30. The fourth-order valence-electron chi connectivity index (χ4n) is 2.20. The molecule has 5 heteroatoms. The van der Waals surface area contributed by atoms with Gasteiger partial charge in [0, 0.05) is 25.8 Å². The lowest BCUT2D eigenvalue weighted by molar-refractivity contribution is 0.0299. The third-order valence-electron chi connectivity index (χ3n) is 3.50. The number of hydrogen-bond donors (Lipinski definition) is 1. The minimum Gasteiger partial charge on any atom is -0.478 e. The van der Waals surface area contributed by atoms with E-state index >= 15 is 0 Å². The highest BCUT2D eigenvalue weighted by Gasteiger charge is 2.27. The Kier molecular flexibility index (Phi) is 4.58. The van der Waals surface area contributed by atoms with Crippen LogP contribution in [0.5, 0.6) is 5.88 Å². The fraction of sp³-hybridized carbons (Fsp3) is 0.714. The van der Waals surface area contributed by atoms with Crippen molar-refractivity contribution in [3.8, 4) is 5.88 Å². The zero-order chi connectivity index (χ0) is 13.7. The summed E-state index contributed by atoms with van der Waals surface area (Å²) >= 11 is 0. The monoisotopic (exact) mass is 265 g/mol. The normalized spacial score (nSPS) is 18.1. The SMILES string of the molecule is CCOc1cc(NCC2(C)CCOCC2)nc(C)n1. The van der Waals surface area contributed by atoms with Crippen molar-refractivity contribution in [1.29, 1.82) is 0 Å². The molecule has 5 nitrogen and oxygen atoms in total. The standard InChI is InChI=1S/C14H23N3O2/c1-4-19-13-9-12(16-11(2)17-13)15-10-14(3)5-7-18-8-6-14/h9H,4-8,10H2,1-3H3,(H,15,16,17). The molecule has 0 saturated carbocycles. The Balaban J connectivity index is 1.98. The molecule has 0 unspecified atom stereocenters. The van der Waals surface area contributed by atoms with Gasteiger partial charge in [0.05, 0.1) is 6.61 Å². The topological polar surface area (TPSA) is 56.3 Å². The van der Waals surface area contributed by atoms with Crippen molar-refractivity contribution in [2.45, 2.75) is 33.6 Å². The average Bonchev–Trinajstić information content (AvgIpc) is 2.37. The highest BCUT2D eigenvalue weighted by molar-refractivity contribution is 5.38. The van der Waals surface area contributed by atoms with Crippen LogP contribution >= 0.6 is 0 Å². The molecule has 0 atom stereocenters. The van der Waals surface area contributed by atoms with Crippen molar-refractivity contribution in [1.82, 2.24) is 9.97 Å². The summed E-state index contributed by atoms with van der Waals surface area (Å²) in [5.41, 5.74) is 0.281. The summed E-state index contributed by atoms with van der Waals surface area (Å²) in [6, 6.07) is 1.86. The first-order valence-electron chi connectivity index (χ1n) is 6.91. The smallest absolute Gasteiger partial charge is 0.218 e. The van der Waals surface area contributed by atoms with Crippen molar-refractivity contribution in [2.75, 3.05) is 31.7 Å². The van der Waals surface area contributed by atoms with Crippen molar-refractivity contribution in [3.05, 3.63) is 11.9 Å². The molecule has 1 aromatic rings. The quantitative estimate of drug-likeness (QED) is 0.886. The molecule has 1 aliphatic heterocycles. The number of rotatable bonds is 5. The van der Waals surface area contributed by atoms with Gasteiger partial charge in [0.1, 0.15) is 11.6 Å². The maximum Gasteiger partial charge on any atom is 0.218 e. The average molecular weight is 265 g/mol. The van der Waals surface area contributed by atoms with Gasteiger partial charge in [-0.2, -0.15) is 4.98 Å². The Bertz CT molecular complexity index is 417. The number of aryl methyl sites for hydroxylation is 1. The van der Waals surface area contributed by atoms with Crippen molar-refractivity contribution in [2.24, 2.45) is 5.41 Å². The van der Waals surface area contributed by atoms with E-state index in [9.17, 15) is 0 Å². The van der Waals surface area contributed by atoms with E-state index in [1.807, 2.05) is 19.9 Å². The number of aromatic nitrogens is 2. The Morgan fingerprint density at radius 2 is 2.11 bits per heavy atom. The number of nitrogens with one attached hydrogen (secondary N) is 1. The second-order valence-electron chi connectivity index (χ2n) is 5.35. The minimum atomic E-state index is 0.281. The molecule has 2 heterocycles. The van der Waals surface area contributed by atoms with Gasteiger partial charge in [-0.1, -0.05) is 6.92 Å². The Hall–Kier alpha value is -1.36. The lowest BCUT2D eigenvalue weighted by atomic mass is 9.82. The first-order valence-corrected chi connectivity index (χ1v) is 6.91. The molecule has 0 spiro atoms. The molecule has 1 saturated heterocycles. The molecular formula is C14H23N3O2. The number of hydrogen-bond acceptors (Lipinski definition) is 5. The Labute approximate surface area is 114 Å². The maximum absolute atomic E-state index is 5.43. The lowest BCUT2D eigenvalue weighted by Gasteiger charge is -2.33. The van der Waals surface area contributed by atoms with E-state index in [1.54, 1.807) is 0 Å². The fourth-order valence-corrected chi connectivity index (χ4v) is 2.20. The van der Waals surface area contributed by atoms with Gasteiger partial charge in [-0.15, -0.1) is 0 Å². The summed E-state index contributed by atoms with van der Waals surface area (Å²) in [5.74, 6) is 2.20. The van der Waals surface area contributed by atoms with E-state index in [1.165, 1.54) is 0 Å². The largest absolute Gasteiger partial charge is 0.478 e. The highest BCUT2D eigenvalue weighted by atomic mass is 16.5. The summed E-state index contributed by atoms with van der Waals surface area (Å²) in [7, 11) is 0. The van der Waals surface area contributed by atoms with E-state index in [-0.39, 0.29) is 5.41 Å². The van der Waals surface area contributed by atoms with Crippen LogP contribution in [0.3, 0.4) is 0 Å². The molecule has 19 heavy (non-hydrogen) atoms. The Morgan fingerprint density at radius 1 is 1.37 bits per heavy atom. The van der Waals surface area contributed by atoms with Crippen LogP contribution in [0.2, 0.25) is 0 Å². The van der Waals surface area contributed by atoms with Crippen LogP contribution < -0.4 is 10.1 Å². The second kappa shape index (κ2) is 6.19. The molecule has 1 fully saturated rings. The summed E-state index contributed by atoms with van der Waals surface area (Å²) < 4.78 is 10.8. The van der Waals surface area contributed by atoms with E-state index in [4.69, 9.17) is 9.47 Å². The van der Waals surface area contributed by atoms with Crippen molar-refractivity contribution in [3.63, 3.8) is 0 Å². The molecule has 0 amide bonds. The van der Waals surface area contributed by atoms with Crippen LogP contribution in [0.1, 0.15) is 32.5 Å². The molecule has 106 valence electrons. The predicted molar refractivity (Wildman–Crippen MR) is 74.6 cm³/mol. The third kappa shape index (κ3) is 4.06. The van der Waals surface area contributed by atoms with Gasteiger partial charge in [0.25, 0.3) is 0 Å². The van der Waals surface area contributed by atoms with Crippen LogP contribution in [0, 0.1) is 12.3 Å². The van der Waals surface area contributed by atoms with Crippen LogP contribution in [0.25, 0.3) is 0 Å². The minimum absolute atomic E-state index is 0.281. The van der Waals surface area contributed by atoms with Crippen LogP contribution in [0.15, 0.2) is 6.07 Å². The van der Waals surface area contributed by atoms with E-state index in [2.05, 4.69) is 22.2 Å². The first kappa shape index (κ1) is 14.1. The third-order valence-corrected chi connectivity index (χ3v) is 3.50. The van der Waals surface area contributed by atoms with Gasteiger partial charge in [0.15, 0.2) is 0 Å². The molecule has 0 aliphatic carbocycles. The second-order valence-corrected chi connectivity index (χ2v) is 5.35. The van der Waals surface area contributed by atoms with Gasteiger partial charge in [-0.25, -0.2) is 4.98 Å². The molecular weight excluding hydrogens is 242 g/mol. The molecule has 0 radical (unpaired) electrons. The summed E-state index contributed by atoms with van der Waals surface area (Å²) in [6.07, 6.45) is 2.17. The molecule has 1 aliphatic rings. The molecule has 1 N–H and O–H groups in total. The van der Waals surface area contributed by atoms with Crippen LogP contribution in [0.4, 0.5) is 5.82 Å². The first-order chi connectivity index (χ1) is 9.11. The van der Waals surface area contributed by atoms with Crippen molar-refractivity contribution < 1.29 is 9.47 Å². The van der Waals surface area contributed by atoms with Crippen molar-refractivity contribution >= 4 is 5.82 Å². The maximum atomic E-state index is 5.43. The van der Waals surface area contributed by atoms with Crippen LogP contribution in [-0.2, 0) is 4.74 Å². The van der Waals surface area contributed by atoms with Gasteiger partial charge in [-0.3, -0.25) is 0 Å². The van der Waals surface area contributed by atoms with E-state index in [0.717, 1.165) is 44.2 Å². The lowest BCUT2D eigenvalue weighted by Crippen LogP contribution is -2.33. The van der Waals surface area contributed by atoms with Gasteiger partial charge < -0.3 is 14.8 Å². The number of nitrogens with zero attached hydrogens (tertiary/aromatic N) is 2. The Morgan fingerprint density at radius 3 is 2.79 bits per heavy atom. The van der Waals surface area contributed by atoms with Gasteiger partial charge in [0.2, 0.25) is 5.88 Å². The summed E-state index contributed by atoms with van der Waals surface area (Å²) in [5, 5.41) is 3.41. The molecule has 1 aromatic heterocycles. The van der Waals surface area contributed by atoms with Crippen LogP contribution in [-0.4, -0.2) is 36.3 Å². The molecule has 0 aromatic carbocycles. The van der Waals surface area contributed by atoms with Gasteiger partial charge >= 0.3 is 0 Å². The number of ether oxygens (including phenoxy) is 2. The zero-order valence-electron chi connectivity index (χ0n) is 12.0. The van der Waals surface area contributed by atoms with Gasteiger partial charge in [-0.05, 0) is 32.1 Å². The molecule has 2 rings (SSSR count). The summed E-state index contributed by atoms with van der Waals surface area (Å²) in [6.45, 7) is 9.34.